The third-order valence-corrected chi connectivity index (χ3v) is 2.79. The monoisotopic (exact) mass is 318 g/mol. The van der Waals surface area contributed by atoms with Crippen molar-refractivity contribution in [2.45, 2.75) is 25.1 Å². The first kappa shape index (κ1) is 18.2. The van der Waals surface area contributed by atoms with Crippen LogP contribution in [0.1, 0.15) is 18.5 Å². The molecule has 0 spiro atoms. The molecule has 1 saturated carbocycles. The van der Waals surface area contributed by atoms with Gasteiger partial charge < -0.3 is 11.1 Å². The third kappa shape index (κ3) is 5.00. The molecule has 1 aromatic heterocycles. The smallest absolute Gasteiger partial charge is 0.369 e. The lowest BCUT2D eigenvalue weighted by atomic mass is 9.81. The van der Waals surface area contributed by atoms with Gasteiger partial charge >= 0.3 is 6.18 Å². The molecule has 9 heteroatoms. The Morgan fingerprint density at radius 1 is 1.21 bits per heavy atom. The van der Waals surface area contributed by atoms with Crippen molar-refractivity contribution in [3.05, 3.63) is 18.1 Å². The van der Waals surface area contributed by atoms with E-state index in [1.165, 1.54) is 0 Å². The molecule has 1 aliphatic carbocycles. The van der Waals surface area contributed by atoms with Gasteiger partial charge in [0.25, 0.3) is 0 Å². The molecular formula is C10H15Cl2F3N4. The van der Waals surface area contributed by atoms with Crippen LogP contribution in [-0.2, 0) is 6.18 Å². The molecule has 0 atom stereocenters. The van der Waals surface area contributed by atoms with Crippen LogP contribution in [0, 0.1) is 5.92 Å². The number of alkyl halides is 3. The Balaban J connectivity index is 0.00000162. The summed E-state index contributed by atoms with van der Waals surface area (Å²) in [7, 11) is 0. The largest absolute Gasteiger partial charge is 0.434 e. The fourth-order valence-electron chi connectivity index (χ4n) is 1.77. The summed E-state index contributed by atoms with van der Waals surface area (Å²) in [6.07, 6.45) is -0.718. The fraction of sp³-hybridized carbons (Fsp3) is 0.600. The molecule has 0 saturated heterocycles. The van der Waals surface area contributed by atoms with Crippen LogP contribution in [0.5, 0.6) is 0 Å². The molecule has 3 N–H and O–H groups in total. The average Bonchev–Trinajstić information content (AvgIpc) is 2.22. The van der Waals surface area contributed by atoms with Crippen molar-refractivity contribution in [1.82, 2.24) is 9.97 Å². The van der Waals surface area contributed by atoms with Crippen LogP contribution in [0.25, 0.3) is 0 Å². The molecule has 110 valence electrons. The van der Waals surface area contributed by atoms with E-state index in [1.54, 1.807) is 0 Å². The van der Waals surface area contributed by atoms with Crippen molar-refractivity contribution in [3.63, 3.8) is 0 Å². The lowest BCUT2D eigenvalue weighted by Gasteiger charge is -2.32. The number of rotatable bonds is 3. The zero-order valence-electron chi connectivity index (χ0n) is 9.85. The topological polar surface area (TPSA) is 63.8 Å². The van der Waals surface area contributed by atoms with Gasteiger partial charge in [0.05, 0.1) is 12.4 Å². The van der Waals surface area contributed by atoms with E-state index in [1.807, 2.05) is 0 Å². The van der Waals surface area contributed by atoms with Gasteiger partial charge in [-0.1, -0.05) is 0 Å². The molecule has 1 aromatic rings. The Labute approximate surface area is 121 Å². The Bertz CT molecular complexity index is 379. The average molecular weight is 319 g/mol. The van der Waals surface area contributed by atoms with E-state index in [4.69, 9.17) is 5.73 Å². The van der Waals surface area contributed by atoms with Gasteiger partial charge in [-0.25, -0.2) is 9.97 Å². The van der Waals surface area contributed by atoms with E-state index >= 15 is 0 Å². The van der Waals surface area contributed by atoms with E-state index < -0.39 is 11.9 Å². The van der Waals surface area contributed by atoms with Crippen LogP contribution in [0.2, 0.25) is 0 Å². The molecule has 0 radical (unpaired) electrons. The van der Waals surface area contributed by atoms with E-state index in [9.17, 15) is 13.2 Å². The number of nitrogens with one attached hydrogen (secondary N) is 1. The van der Waals surface area contributed by atoms with Gasteiger partial charge in [-0.15, -0.1) is 24.8 Å². The summed E-state index contributed by atoms with van der Waals surface area (Å²) in [5.74, 6) is 0.840. The molecular weight excluding hydrogens is 304 g/mol. The van der Waals surface area contributed by atoms with Crippen molar-refractivity contribution < 1.29 is 13.2 Å². The third-order valence-electron chi connectivity index (χ3n) is 2.79. The van der Waals surface area contributed by atoms with Crippen LogP contribution < -0.4 is 11.1 Å². The Morgan fingerprint density at radius 3 is 2.26 bits per heavy atom. The van der Waals surface area contributed by atoms with E-state index in [2.05, 4.69) is 15.3 Å². The first-order valence-electron chi connectivity index (χ1n) is 5.34. The second-order valence-electron chi connectivity index (χ2n) is 4.26. The van der Waals surface area contributed by atoms with Gasteiger partial charge in [0.2, 0.25) is 0 Å². The lowest BCUT2D eigenvalue weighted by Crippen LogP contribution is -2.39. The Morgan fingerprint density at radius 2 is 1.84 bits per heavy atom. The fourth-order valence-corrected chi connectivity index (χ4v) is 1.77. The van der Waals surface area contributed by atoms with Crippen LogP contribution in [0.4, 0.5) is 19.0 Å². The highest BCUT2D eigenvalue weighted by atomic mass is 35.5. The summed E-state index contributed by atoms with van der Waals surface area (Å²) in [5.41, 5.74) is 4.65. The van der Waals surface area contributed by atoms with Gasteiger partial charge in [0.15, 0.2) is 5.69 Å². The van der Waals surface area contributed by atoms with Crippen molar-refractivity contribution in [3.8, 4) is 0 Å². The molecule has 0 aliphatic heterocycles. The standard InChI is InChI=1S/C10H13F3N4.2ClH/c11-10(12,13)8-4-17-9(5-15-8)16-3-6-1-7(14)2-6;;/h4-7H,1-3,14H2,(H,16,17);2*1H/t6-,7+;;. The molecule has 19 heavy (non-hydrogen) atoms. The second kappa shape index (κ2) is 7.12. The Kier molecular flexibility index (Phi) is 6.82. The van der Waals surface area contributed by atoms with Crippen molar-refractivity contribution in [1.29, 1.82) is 0 Å². The molecule has 2 rings (SSSR count). The van der Waals surface area contributed by atoms with Crippen LogP contribution in [0.3, 0.4) is 0 Å². The lowest BCUT2D eigenvalue weighted by molar-refractivity contribution is -0.141. The number of hydrogen-bond donors (Lipinski definition) is 2. The summed E-state index contributed by atoms with van der Waals surface area (Å²) in [5, 5.41) is 2.95. The van der Waals surface area contributed by atoms with Gasteiger partial charge in [0, 0.05) is 12.6 Å². The summed E-state index contributed by atoms with van der Waals surface area (Å²) in [4.78, 5) is 6.98. The highest BCUT2D eigenvalue weighted by Crippen LogP contribution is 2.27. The van der Waals surface area contributed by atoms with E-state index in [-0.39, 0.29) is 30.9 Å². The normalized spacial score (nSPS) is 21.7. The summed E-state index contributed by atoms with van der Waals surface area (Å²) in [6.45, 7) is 0.674. The zero-order valence-corrected chi connectivity index (χ0v) is 11.5. The molecule has 0 bridgehead atoms. The maximum absolute atomic E-state index is 12.2. The maximum atomic E-state index is 12.2. The van der Waals surface area contributed by atoms with Crippen molar-refractivity contribution in [2.75, 3.05) is 11.9 Å². The van der Waals surface area contributed by atoms with Crippen LogP contribution in [0.15, 0.2) is 12.4 Å². The quantitative estimate of drug-likeness (QED) is 0.898. The predicted molar refractivity (Wildman–Crippen MR) is 70.7 cm³/mol. The van der Waals surface area contributed by atoms with Crippen molar-refractivity contribution >= 4 is 30.6 Å². The van der Waals surface area contributed by atoms with Crippen molar-refractivity contribution in [2.24, 2.45) is 11.7 Å². The summed E-state index contributed by atoms with van der Waals surface area (Å²) in [6, 6.07) is 0.264. The first-order valence-corrected chi connectivity index (χ1v) is 5.34. The number of aromatic nitrogens is 2. The molecule has 1 fully saturated rings. The van der Waals surface area contributed by atoms with E-state index in [0.717, 1.165) is 25.2 Å². The van der Waals surface area contributed by atoms with Gasteiger partial charge in [-0.05, 0) is 18.8 Å². The molecule has 0 aromatic carbocycles. The summed E-state index contributed by atoms with van der Waals surface area (Å²) < 4.78 is 36.6. The second-order valence-corrected chi connectivity index (χ2v) is 4.26. The number of halogens is 5. The molecule has 4 nitrogen and oxygen atoms in total. The van der Waals surface area contributed by atoms with E-state index in [0.29, 0.717) is 18.3 Å². The predicted octanol–water partition coefficient (Wildman–Crippen LogP) is 2.49. The molecule has 0 amide bonds. The van der Waals surface area contributed by atoms with Crippen LogP contribution >= 0.6 is 24.8 Å². The minimum absolute atomic E-state index is 0. The van der Waals surface area contributed by atoms with Gasteiger partial charge in [0.1, 0.15) is 5.82 Å². The molecule has 1 aliphatic rings. The SMILES string of the molecule is Cl.Cl.N[C@H]1C[C@@H](CNc2cnc(C(F)(F)F)cn2)C1. The summed E-state index contributed by atoms with van der Waals surface area (Å²) >= 11 is 0. The maximum Gasteiger partial charge on any atom is 0.434 e. The highest BCUT2D eigenvalue weighted by molar-refractivity contribution is 5.85. The van der Waals surface area contributed by atoms with Gasteiger partial charge in [-0.2, -0.15) is 13.2 Å². The Hall–Kier alpha value is -0.790. The number of nitrogens with two attached hydrogens (primary N) is 1. The number of nitrogens with zero attached hydrogens (tertiary/aromatic N) is 2. The molecule has 1 heterocycles. The van der Waals surface area contributed by atoms with Crippen LogP contribution in [-0.4, -0.2) is 22.6 Å². The minimum atomic E-state index is -4.44. The zero-order chi connectivity index (χ0) is 12.5. The minimum Gasteiger partial charge on any atom is -0.369 e. The molecule has 0 unspecified atom stereocenters. The first-order chi connectivity index (χ1) is 7.95. The number of hydrogen-bond acceptors (Lipinski definition) is 4. The number of anilines is 1. The highest BCUT2D eigenvalue weighted by Gasteiger charge is 2.32. The van der Waals surface area contributed by atoms with Gasteiger partial charge in [-0.3, -0.25) is 0 Å².